The summed E-state index contributed by atoms with van der Waals surface area (Å²) in [5.74, 6) is -0.853. The number of ether oxygens (including phenoxy) is 3. The second-order valence-electron chi connectivity index (χ2n) is 19.9. The van der Waals surface area contributed by atoms with E-state index in [0.29, 0.717) is 19.3 Å². The van der Waals surface area contributed by atoms with Crippen LogP contribution < -0.4 is 0 Å². The lowest BCUT2D eigenvalue weighted by Gasteiger charge is -2.18. The van der Waals surface area contributed by atoms with Crippen molar-refractivity contribution in [2.75, 3.05) is 13.2 Å². The van der Waals surface area contributed by atoms with Crippen molar-refractivity contribution in [3.05, 3.63) is 24.3 Å². The molecule has 0 aromatic carbocycles. The molecule has 0 radical (unpaired) electrons. The minimum atomic E-state index is -0.769. The first-order valence-electron chi connectivity index (χ1n) is 29.3. The molecule has 0 aliphatic rings. The minimum absolute atomic E-state index is 0.0680. The van der Waals surface area contributed by atoms with Crippen LogP contribution in [0.1, 0.15) is 323 Å². The molecule has 1 unspecified atom stereocenters. The van der Waals surface area contributed by atoms with Crippen LogP contribution >= 0.6 is 0 Å². The van der Waals surface area contributed by atoms with Gasteiger partial charge >= 0.3 is 17.9 Å². The number of unbranched alkanes of at least 4 members (excludes halogenated alkanes) is 39. The Labute approximate surface area is 411 Å². The van der Waals surface area contributed by atoms with Crippen LogP contribution in [-0.4, -0.2) is 37.2 Å². The molecule has 0 aromatic heterocycles. The molecule has 0 fully saturated rings. The number of rotatable bonds is 54. The highest BCUT2D eigenvalue weighted by Gasteiger charge is 2.19. The minimum Gasteiger partial charge on any atom is -0.462 e. The van der Waals surface area contributed by atoms with Crippen LogP contribution in [0.15, 0.2) is 24.3 Å². The molecule has 0 rings (SSSR count). The molecule has 0 spiro atoms. The zero-order valence-corrected chi connectivity index (χ0v) is 44.5. The summed E-state index contributed by atoms with van der Waals surface area (Å²) in [6.45, 7) is 6.67. The first-order valence-corrected chi connectivity index (χ1v) is 29.3. The van der Waals surface area contributed by atoms with Crippen LogP contribution in [0.2, 0.25) is 0 Å². The maximum absolute atomic E-state index is 12.9. The van der Waals surface area contributed by atoms with E-state index in [2.05, 4.69) is 45.1 Å². The van der Waals surface area contributed by atoms with Gasteiger partial charge in [-0.3, -0.25) is 14.4 Å². The van der Waals surface area contributed by atoms with Gasteiger partial charge in [-0.2, -0.15) is 0 Å². The highest BCUT2D eigenvalue weighted by atomic mass is 16.6. The summed E-state index contributed by atoms with van der Waals surface area (Å²) in [7, 11) is 0. The predicted molar refractivity (Wildman–Crippen MR) is 284 cm³/mol. The van der Waals surface area contributed by atoms with E-state index in [-0.39, 0.29) is 31.1 Å². The van der Waals surface area contributed by atoms with Crippen molar-refractivity contribution in [2.24, 2.45) is 0 Å². The van der Waals surface area contributed by atoms with Gasteiger partial charge in [0.05, 0.1) is 0 Å². The third-order valence-electron chi connectivity index (χ3n) is 13.2. The summed E-state index contributed by atoms with van der Waals surface area (Å²) in [6, 6.07) is 0. The van der Waals surface area contributed by atoms with Gasteiger partial charge in [0.2, 0.25) is 0 Å². The average Bonchev–Trinajstić information content (AvgIpc) is 3.31. The van der Waals surface area contributed by atoms with Gasteiger partial charge in [0.15, 0.2) is 6.10 Å². The number of esters is 3. The van der Waals surface area contributed by atoms with Gasteiger partial charge in [0.1, 0.15) is 13.2 Å². The van der Waals surface area contributed by atoms with E-state index in [1.165, 1.54) is 212 Å². The molecule has 388 valence electrons. The molecular formula is C60H112O6. The van der Waals surface area contributed by atoms with Gasteiger partial charge in [-0.25, -0.2) is 0 Å². The SMILES string of the molecule is CCCCCC/C=C\C/C=C\CCCCCCCCCC(=O)OCC(COC(=O)CCCCCCCCCCCCCCCCC)OC(=O)CCCCCCCCCCCCCCCCC. The highest BCUT2D eigenvalue weighted by Crippen LogP contribution is 2.17. The fraction of sp³-hybridized carbons (Fsp3) is 0.883. The van der Waals surface area contributed by atoms with Crippen LogP contribution in [0.3, 0.4) is 0 Å². The summed E-state index contributed by atoms with van der Waals surface area (Å²) in [5.41, 5.74) is 0. The van der Waals surface area contributed by atoms with E-state index >= 15 is 0 Å². The Balaban J connectivity index is 4.33. The molecule has 6 nitrogen and oxygen atoms in total. The lowest BCUT2D eigenvalue weighted by Crippen LogP contribution is -2.30. The summed E-state index contributed by atoms with van der Waals surface area (Å²) in [5, 5.41) is 0. The average molecular weight is 930 g/mol. The van der Waals surface area contributed by atoms with E-state index in [0.717, 1.165) is 70.6 Å². The van der Waals surface area contributed by atoms with Crippen molar-refractivity contribution in [3.8, 4) is 0 Å². The van der Waals surface area contributed by atoms with E-state index in [1.54, 1.807) is 0 Å². The largest absolute Gasteiger partial charge is 0.462 e. The number of hydrogen-bond acceptors (Lipinski definition) is 6. The fourth-order valence-electron chi connectivity index (χ4n) is 8.77. The molecule has 0 saturated carbocycles. The van der Waals surface area contributed by atoms with Gasteiger partial charge < -0.3 is 14.2 Å². The fourth-order valence-corrected chi connectivity index (χ4v) is 8.77. The van der Waals surface area contributed by atoms with E-state index < -0.39 is 6.10 Å². The van der Waals surface area contributed by atoms with Crippen molar-refractivity contribution < 1.29 is 28.6 Å². The van der Waals surface area contributed by atoms with Crippen molar-refractivity contribution in [3.63, 3.8) is 0 Å². The summed E-state index contributed by atoms with van der Waals surface area (Å²) in [4.78, 5) is 38.2. The molecule has 0 N–H and O–H groups in total. The topological polar surface area (TPSA) is 78.9 Å². The van der Waals surface area contributed by atoms with Crippen molar-refractivity contribution in [2.45, 2.75) is 329 Å². The third-order valence-corrected chi connectivity index (χ3v) is 13.2. The first kappa shape index (κ1) is 63.9. The van der Waals surface area contributed by atoms with Gasteiger partial charge in [-0.1, -0.05) is 276 Å². The summed E-state index contributed by atoms with van der Waals surface area (Å²) < 4.78 is 16.9. The maximum Gasteiger partial charge on any atom is 0.306 e. The second kappa shape index (κ2) is 55.5. The van der Waals surface area contributed by atoms with Gasteiger partial charge in [0.25, 0.3) is 0 Å². The van der Waals surface area contributed by atoms with Gasteiger partial charge in [-0.15, -0.1) is 0 Å². The second-order valence-corrected chi connectivity index (χ2v) is 19.9. The number of allylic oxidation sites excluding steroid dienone is 4. The molecule has 0 aromatic rings. The van der Waals surface area contributed by atoms with E-state index in [9.17, 15) is 14.4 Å². The zero-order valence-electron chi connectivity index (χ0n) is 44.5. The zero-order chi connectivity index (χ0) is 47.9. The lowest BCUT2D eigenvalue weighted by molar-refractivity contribution is -0.167. The van der Waals surface area contributed by atoms with E-state index in [4.69, 9.17) is 14.2 Å². The Kier molecular flexibility index (Phi) is 53.7. The molecule has 0 aliphatic heterocycles. The molecule has 1 atom stereocenters. The molecule has 0 saturated heterocycles. The highest BCUT2D eigenvalue weighted by molar-refractivity contribution is 5.71. The molecule has 0 aliphatic carbocycles. The number of hydrogen-bond donors (Lipinski definition) is 0. The molecule has 6 heteroatoms. The summed E-state index contributed by atoms with van der Waals surface area (Å²) >= 11 is 0. The number of carbonyl (C=O) groups excluding carboxylic acids is 3. The Morgan fingerprint density at radius 1 is 0.303 bits per heavy atom. The van der Waals surface area contributed by atoms with Crippen LogP contribution in [0.4, 0.5) is 0 Å². The van der Waals surface area contributed by atoms with E-state index in [1.807, 2.05) is 0 Å². The van der Waals surface area contributed by atoms with Crippen LogP contribution in [0, 0.1) is 0 Å². The predicted octanol–water partition coefficient (Wildman–Crippen LogP) is 19.5. The Morgan fingerprint density at radius 2 is 0.545 bits per heavy atom. The molecule has 0 bridgehead atoms. The third kappa shape index (κ3) is 52.9. The first-order chi connectivity index (χ1) is 32.5. The smallest absolute Gasteiger partial charge is 0.306 e. The van der Waals surface area contributed by atoms with Crippen LogP contribution in [0.25, 0.3) is 0 Å². The maximum atomic E-state index is 12.9. The van der Waals surface area contributed by atoms with Crippen LogP contribution in [0.5, 0.6) is 0 Å². The molecular weight excluding hydrogens is 817 g/mol. The van der Waals surface area contributed by atoms with Crippen molar-refractivity contribution in [1.29, 1.82) is 0 Å². The Bertz CT molecular complexity index is 1070. The van der Waals surface area contributed by atoms with Gasteiger partial charge in [0, 0.05) is 19.3 Å². The normalized spacial score (nSPS) is 12.1. The Morgan fingerprint density at radius 3 is 0.848 bits per heavy atom. The molecule has 66 heavy (non-hydrogen) atoms. The number of carbonyl (C=O) groups is 3. The summed E-state index contributed by atoms with van der Waals surface area (Å²) in [6.07, 6.45) is 64.5. The van der Waals surface area contributed by atoms with Crippen LogP contribution in [-0.2, 0) is 28.6 Å². The Hall–Kier alpha value is -2.11. The lowest BCUT2D eigenvalue weighted by atomic mass is 10.0. The molecule has 0 amide bonds. The molecule has 0 heterocycles. The quantitative estimate of drug-likeness (QED) is 0.0262. The van der Waals surface area contributed by atoms with Crippen molar-refractivity contribution in [1.82, 2.24) is 0 Å². The monoisotopic (exact) mass is 929 g/mol. The van der Waals surface area contributed by atoms with Gasteiger partial charge in [-0.05, 0) is 51.4 Å². The van der Waals surface area contributed by atoms with Crippen molar-refractivity contribution >= 4 is 17.9 Å². The standard InChI is InChI=1S/C60H112O6/c1-4-7-10-13-16-19-22-25-28-29-30-33-35-38-41-44-47-50-53-59(62)65-56-57(66-60(63)54-51-48-45-42-39-36-32-27-24-21-18-15-12-9-6-3)55-64-58(61)52-49-46-43-40-37-34-31-26-23-20-17-14-11-8-5-2/h19,22,28-29,57H,4-18,20-21,23-27,30-56H2,1-3H3/b22-19-,29-28-.